The van der Waals surface area contributed by atoms with Crippen LogP contribution in [0.15, 0.2) is 12.2 Å². The van der Waals surface area contributed by atoms with E-state index >= 15 is 0 Å². The standard InChI is InChI=1S/C8H14O2.H3O3P/c1-4-5-6-10-8(9)7(2)3;1-4(2)3/h2,4-6H2,1,3H3;4H,(H2,1,2,3). The fourth-order valence-corrected chi connectivity index (χ4v) is 0.432. The molecule has 0 aliphatic carbocycles. The Morgan fingerprint density at radius 1 is 1.50 bits per heavy atom. The summed E-state index contributed by atoms with van der Waals surface area (Å²) in [7, 11) is -3.13. The van der Waals surface area contributed by atoms with Crippen LogP contribution in [0.5, 0.6) is 0 Å². The summed E-state index contributed by atoms with van der Waals surface area (Å²) in [6.07, 6.45) is 1.97. The molecule has 0 saturated heterocycles. The summed E-state index contributed by atoms with van der Waals surface area (Å²) in [5, 5.41) is 0. The van der Waals surface area contributed by atoms with Gasteiger partial charge < -0.3 is 14.5 Å². The SMILES string of the molecule is C=C(C)C(=O)OCCCC.O=[PH](O)O. The van der Waals surface area contributed by atoms with Crippen molar-refractivity contribution >= 4 is 14.2 Å². The Balaban J connectivity index is 0. The van der Waals surface area contributed by atoms with Crippen LogP contribution >= 0.6 is 8.25 Å². The molecule has 0 rings (SSSR count). The highest BCUT2D eigenvalue weighted by Crippen LogP contribution is 1.98. The number of unbranched alkanes of at least 4 members (excludes halogenated alkanes) is 1. The largest absolute Gasteiger partial charge is 0.462 e. The highest BCUT2D eigenvalue weighted by molar-refractivity contribution is 7.30. The summed E-state index contributed by atoms with van der Waals surface area (Å²) in [4.78, 5) is 25.0. The third kappa shape index (κ3) is 17.4. The van der Waals surface area contributed by atoms with Crippen molar-refractivity contribution < 1.29 is 23.9 Å². The zero-order chi connectivity index (χ0) is 11.6. The molecule has 0 aliphatic rings. The Hall–Kier alpha value is -0.640. The predicted molar refractivity (Wildman–Crippen MR) is 54.1 cm³/mol. The molecule has 0 aromatic heterocycles. The molecule has 0 bridgehead atoms. The molecule has 0 amide bonds. The topological polar surface area (TPSA) is 83.8 Å². The van der Waals surface area contributed by atoms with E-state index in [-0.39, 0.29) is 5.97 Å². The lowest BCUT2D eigenvalue weighted by atomic mass is 10.3. The molecular weight excluding hydrogens is 207 g/mol. The van der Waals surface area contributed by atoms with Crippen LogP contribution in [0.3, 0.4) is 0 Å². The molecule has 6 heteroatoms. The summed E-state index contributed by atoms with van der Waals surface area (Å²) in [5.74, 6) is -0.284. The first-order chi connectivity index (χ1) is 6.41. The van der Waals surface area contributed by atoms with Crippen molar-refractivity contribution in [1.29, 1.82) is 0 Å². The first kappa shape index (κ1) is 15.8. The number of rotatable bonds is 4. The first-order valence-corrected chi connectivity index (χ1v) is 5.46. The third-order valence-electron chi connectivity index (χ3n) is 1.08. The lowest BCUT2D eigenvalue weighted by molar-refractivity contribution is -0.139. The third-order valence-corrected chi connectivity index (χ3v) is 1.08. The molecule has 0 aromatic carbocycles. The maximum atomic E-state index is 10.7. The van der Waals surface area contributed by atoms with Gasteiger partial charge in [-0.3, -0.25) is 4.57 Å². The van der Waals surface area contributed by atoms with Gasteiger partial charge in [-0.1, -0.05) is 19.9 Å². The van der Waals surface area contributed by atoms with Gasteiger partial charge in [0, 0.05) is 5.57 Å². The van der Waals surface area contributed by atoms with E-state index < -0.39 is 8.25 Å². The van der Waals surface area contributed by atoms with E-state index in [9.17, 15) is 4.79 Å². The minimum absolute atomic E-state index is 0.284. The van der Waals surface area contributed by atoms with Gasteiger partial charge in [0.15, 0.2) is 0 Å². The lowest BCUT2D eigenvalue weighted by Crippen LogP contribution is -2.05. The number of hydrogen-bond acceptors (Lipinski definition) is 3. The van der Waals surface area contributed by atoms with Crippen molar-refractivity contribution in [2.45, 2.75) is 26.7 Å². The van der Waals surface area contributed by atoms with Crippen LogP contribution in [-0.4, -0.2) is 22.4 Å². The molecule has 0 spiro atoms. The van der Waals surface area contributed by atoms with Crippen LogP contribution in [0.4, 0.5) is 0 Å². The Kier molecular flexibility index (Phi) is 11.8. The molecule has 14 heavy (non-hydrogen) atoms. The highest BCUT2D eigenvalue weighted by Gasteiger charge is 2.00. The van der Waals surface area contributed by atoms with Crippen molar-refractivity contribution in [2.24, 2.45) is 0 Å². The molecule has 2 N–H and O–H groups in total. The smallest absolute Gasteiger partial charge is 0.333 e. The normalized spacial score (nSPS) is 8.93. The average Bonchev–Trinajstić information content (AvgIpc) is 2.03. The molecular formula is C8H17O5P. The quantitative estimate of drug-likeness (QED) is 0.325. The van der Waals surface area contributed by atoms with Gasteiger partial charge in [-0.15, -0.1) is 0 Å². The van der Waals surface area contributed by atoms with Gasteiger partial charge in [0.2, 0.25) is 0 Å². The van der Waals surface area contributed by atoms with Crippen LogP contribution in [0.25, 0.3) is 0 Å². The van der Waals surface area contributed by atoms with Gasteiger partial charge in [0.25, 0.3) is 0 Å². The summed E-state index contributed by atoms with van der Waals surface area (Å²) in [6, 6.07) is 0. The minimum atomic E-state index is -3.13. The number of esters is 1. The maximum absolute atomic E-state index is 10.7. The van der Waals surface area contributed by atoms with Gasteiger partial charge >= 0.3 is 14.2 Å². The first-order valence-electron chi connectivity index (χ1n) is 4.16. The van der Waals surface area contributed by atoms with Gasteiger partial charge in [0.05, 0.1) is 6.61 Å². The molecule has 0 aliphatic heterocycles. The van der Waals surface area contributed by atoms with Crippen molar-refractivity contribution in [3.05, 3.63) is 12.2 Å². The summed E-state index contributed by atoms with van der Waals surface area (Å²) in [6.45, 7) is 7.67. The number of hydrogen-bond donors (Lipinski definition) is 2. The second-order valence-corrected chi connectivity index (χ2v) is 3.12. The number of ether oxygens (including phenoxy) is 1. The molecule has 0 unspecified atom stereocenters. The van der Waals surface area contributed by atoms with Gasteiger partial charge in [-0.2, -0.15) is 0 Å². The Labute approximate surface area is 84.4 Å². The zero-order valence-electron chi connectivity index (χ0n) is 8.45. The summed E-state index contributed by atoms with van der Waals surface area (Å²) in [5.41, 5.74) is 0.469. The highest BCUT2D eigenvalue weighted by atomic mass is 31.1. The van der Waals surface area contributed by atoms with E-state index in [1.54, 1.807) is 6.92 Å². The average molecular weight is 224 g/mol. The van der Waals surface area contributed by atoms with Gasteiger partial charge in [0.1, 0.15) is 0 Å². The van der Waals surface area contributed by atoms with Crippen molar-refractivity contribution in [2.75, 3.05) is 6.61 Å². The van der Waals surface area contributed by atoms with E-state index in [0.29, 0.717) is 12.2 Å². The zero-order valence-corrected chi connectivity index (χ0v) is 9.45. The van der Waals surface area contributed by atoms with E-state index in [0.717, 1.165) is 12.8 Å². The van der Waals surface area contributed by atoms with Crippen molar-refractivity contribution in [3.8, 4) is 0 Å². The Morgan fingerprint density at radius 2 is 1.93 bits per heavy atom. The van der Waals surface area contributed by atoms with Gasteiger partial charge in [-0.25, -0.2) is 4.79 Å². The molecule has 0 radical (unpaired) electrons. The monoisotopic (exact) mass is 224 g/mol. The lowest BCUT2D eigenvalue weighted by Gasteiger charge is -2.01. The number of carbonyl (C=O) groups is 1. The minimum Gasteiger partial charge on any atom is -0.462 e. The Morgan fingerprint density at radius 3 is 2.21 bits per heavy atom. The molecule has 0 atom stereocenters. The molecule has 84 valence electrons. The van der Waals surface area contributed by atoms with Crippen LogP contribution < -0.4 is 0 Å². The van der Waals surface area contributed by atoms with Crippen LogP contribution in [0.2, 0.25) is 0 Å². The summed E-state index contributed by atoms with van der Waals surface area (Å²) >= 11 is 0. The van der Waals surface area contributed by atoms with Gasteiger partial charge in [-0.05, 0) is 13.3 Å². The van der Waals surface area contributed by atoms with Crippen molar-refractivity contribution in [3.63, 3.8) is 0 Å². The summed E-state index contributed by atoms with van der Waals surface area (Å²) < 4.78 is 13.5. The molecule has 0 aromatic rings. The molecule has 0 fully saturated rings. The molecule has 0 saturated carbocycles. The maximum Gasteiger partial charge on any atom is 0.333 e. The molecule has 5 nitrogen and oxygen atoms in total. The predicted octanol–water partition coefficient (Wildman–Crippen LogP) is 1.27. The second-order valence-electron chi connectivity index (χ2n) is 2.55. The van der Waals surface area contributed by atoms with E-state index in [2.05, 4.69) is 13.5 Å². The van der Waals surface area contributed by atoms with Crippen LogP contribution in [0.1, 0.15) is 26.7 Å². The Bertz CT molecular complexity index is 198. The number of carbonyl (C=O) groups excluding carboxylic acids is 1. The fourth-order valence-electron chi connectivity index (χ4n) is 0.432. The van der Waals surface area contributed by atoms with Crippen molar-refractivity contribution in [1.82, 2.24) is 0 Å². The second kappa shape index (κ2) is 10.4. The fraction of sp³-hybridized carbons (Fsp3) is 0.625. The van der Waals surface area contributed by atoms with E-state index in [1.807, 2.05) is 0 Å². The van der Waals surface area contributed by atoms with E-state index in [4.69, 9.17) is 19.1 Å². The van der Waals surface area contributed by atoms with Crippen LogP contribution in [0, 0.1) is 0 Å². The molecule has 0 heterocycles. The van der Waals surface area contributed by atoms with Crippen LogP contribution in [-0.2, 0) is 14.1 Å². The van der Waals surface area contributed by atoms with E-state index in [1.165, 1.54) is 0 Å².